The van der Waals surface area contributed by atoms with Crippen LogP contribution in [0.1, 0.15) is 52.3 Å². The van der Waals surface area contributed by atoms with Gasteiger partial charge in [0.1, 0.15) is 5.82 Å². The fourth-order valence-electron chi connectivity index (χ4n) is 4.47. The summed E-state index contributed by atoms with van der Waals surface area (Å²) in [5, 5.41) is 11.7. The Bertz CT molecular complexity index is 885. The summed E-state index contributed by atoms with van der Waals surface area (Å²) in [6, 6.07) is 1.92. The van der Waals surface area contributed by atoms with Crippen molar-refractivity contribution >= 4 is 22.9 Å². The van der Waals surface area contributed by atoms with Gasteiger partial charge in [0.15, 0.2) is 0 Å². The predicted molar refractivity (Wildman–Crippen MR) is 116 cm³/mol. The predicted octanol–water partition coefficient (Wildman–Crippen LogP) is 3.73. The number of fused-ring (bicyclic) bond motifs is 1. The molecular weight excluding hydrogens is 380 g/mol. The zero-order chi connectivity index (χ0) is 21.7. The van der Waals surface area contributed by atoms with Crippen molar-refractivity contribution in [2.75, 3.05) is 6.54 Å². The van der Waals surface area contributed by atoms with E-state index in [4.69, 9.17) is 10.1 Å². The Kier molecular flexibility index (Phi) is 7.24. The van der Waals surface area contributed by atoms with E-state index in [0.29, 0.717) is 36.6 Å². The molecule has 1 aliphatic rings. The number of hydrogen-bond acceptors (Lipinski definition) is 4. The van der Waals surface area contributed by atoms with E-state index in [1.807, 2.05) is 12.3 Å². The largest absolute Gasteiger partial charge is 0.481 e. The quantitative estimate of drug-likeness (QED) is 0.544. The van der Waals surface area contributed by atoms with Crippen LogP contribution >= 0.6 is 0 Å². The third-order valence-electron chi connectivity index (χ3n) is 6.19. The molecular formula is C23H32N4O3. The lowest BCUT2D eigenvalue weighted by molar-refractivity contribution is -0.137. The molecule has 162 valence electrons. The smallest absolute Gasteiger partial charge is 0.303 e. The van der Waals surface area contributed by atoms with Crippen LogP contribution in [-0.4, -0.2) is 38.5 Å². The van der Waals surface area contributed by atoms with E-state index in [2.05, 4.69) is 42.1 Å². The summed E-state index contributed by atoms with van der Waals surface area (Å²) in [7, 11) is 0. The van der Waals surface area contributed by atoms with Gasteiger partial charge in [0.2, 0.25) is 5.91 Å². The van der Waals surface area contributed by atoms with E-state index in [1.54, 1.807) is 6.20 Å². The van der Waals surface area contributed by atoms with Crippen molar-refractivity contribution < 1.29 is 14.7 Å². The van der Waals surface area contributed by atoms with Gasteiger partial charge in [-0.25, -0.2) is 4.98 Å². The molecule has 3 N–H and O–H groups in total. The Balaban J connectivity index is 1.62. The highest BCUT2D eigenvalue weighted by molar-refractivity contribution is 5.76. The first-order valence-electron chi connectivity index (χ1n) is 10.8. The van der Waals surface area contributed by atoms with Crippen molar-refractivity contribution in [1.29, 1.82) is 0 Å². The summed E-state index contributed by atoms with van der Waals surface area (Å²) in [5.41, 5.74) is 3.26. The average Bonchev–Trinajstić information content (AvgIpc) is 3.10. The first kappa shape index (κ1) is 22.0. The monoisotopic (exact) mass is 412 g/mol. The maximum absolute atomic E-state index is 12.1. The van der Waals surface area contributed by atoms with Gasteiger partial charge >= 0.3 is 5.97 Å². The van der Waals surface area contributed by atoms with Crippen LogP contribution in [0.5, 0.6) is 0 Å². The Hall–Kier alpha value is -2.70. The maximum Gasteiger partial charge on any atom is 0.303 e. The van der Waals surface area contributed by atoms with Crippen LogP contribution < -0.4 is 5.32 Å². The molecule has 0 saturated carbocycles. The molecule has 0 saturated heterocycles. The molecule has 2 aromatic rings. The first-order chi connectivity index (χ1) is 14.3. The van der Waals surface area contributed by atoms with Gasteiger partial charge in [0, 0.05) is 32.0 Å². The van der Waals surface area contributed by atoms with Gasteiger partial charge in [-0.15, -0.1) is 0 Å². The highest BCUT2D eigenvalue weighted by atomic mass is 16.4. The number of nitrogens with zero attached hydrogens (tertiary/aromatic N) is 2. The molecule has 0 aliphatic heterocycles. The first-order valence-corrected chi connectivity index (χ1v) is 10.8. The molecule has 3 atom stereocenters. The second kappa shape index (κ2) is 9.87. The third-order valence-corrected chi connectivity index (χ3v) is 6.19. The number of rotatable bonds is 9. The topological polar surface area (TPSA) is 108 Å². The number of allylic oxidation sites excluding steroid dienone is 1. The van der Waals surface area contributed by atoms with Crippen LogP contribution in [0.2, 0.25) is 0 Å². The van der Waals surface area contributed by atoms with Crippen LogP contribution in [0.25, 0.3) is 11.0 Å². The molecule has 0 spiro atoms. The maximum atomic E-state index is 12.1. The molecule has 0 fully saturated rings. The zero-order valence-electron chi connectivity index (χ0n) is 18.0. The van der Waals surface area contributed by atoms with E-state index in [0.717, 1.165) is 29.7 Å². The van der Waals surface area contributed by atoms with Crippen molar-refractivity contribution in [3.8, 4) is 0 Å². The third kappa shape index (κ3) is 5.68. The number of pyridine rings is 1. The van der Waals surface area contributed by atoms with Gasteiger partial charge in [-0.1, -0.05) is 25.5 Å². The summed E-state index contributed by atoms with van der Waals surface area (Å²) in [6.45, 7) is 7.26. The Morgan fingerprint density at radius 3 is 2.83 bits per heavy atom. The Labute approximate surface area is 177 Å². The SMILES string of the molecule is CC1=CC(CNC(=O)CCCC(=O)O)C(C(C)C)CC1Cc1nc2ccncc2[nH]1. The molecule has 0 aromatic carbocycles. The molecule has 30 heavy (non-hydrogen) atoms. The standard InChI is InChI=1S/C23H32N4O3/c1-14(2)18-10-16(11-21-26-19-7-8-24-13-20(19)27-21)15(3)9-17(18)12-25-22(28)5-4-6-23(29)30/h7-9,13-14,16-18H,4-6,10-12H2,1-3H3,(H,25,28)(H,26,27)(H,29,30). The van der Waals surface area contributed by atoms with E-state index >= 15 is 0 Å². The number of aliphatic carboxylic acids is 1. The van der Waals surface area contributed by atoms with Gasteiger partial charge in [0.25, 0.3) is 0 Å². The number of aromatic amines is 1. The molecule has 2 heterocycles. The lowest BCUT2D eigenvalue weighted by atomic mass is 9.69. The molecule has 3 rings (SSSR count). The second-order valence-electron chi connectivity index (χ2n) is 8.75. The number of nitrogens with one attached hydrogen (secondary N) is 2. The zero-order valence-corrected chi connectivity index (χ0v) is 18.0. The summed E-state index contributed by atoms with van der Waals surface area (Å²) < 4.78 is 0. The van der Waals surface area contributed by atoms with Crippen molar-refractivity contribution in [1.82, 2.24) is 20.3 Å². The van der Waals surface area contributed by atoms with Gasteiger partial charge in [-0.05, 0) is 49.5 Å². The number of imidazole rings is 1. The van der Waals surface area contributed by atoms with Crippen LogP contribution in [0, 0.1) is 23.7 Å². The second-order valence-corrected chi connectivity index (χ2v) is 8.75. The molecule has 3 unspecified atom stereocenters. The highest BCUT2D eigenvalue weighted by Crippen LogP contribution is 2.38. The number of amides is 1. The lowest BCUT2D eigenvalue weighted by Crippen LogP contribution is -2.37. The molecule has 2 aromatic heterocycles. The number of carbonyl (C=O) groups excluding carboxylic acids is 1. The molecule has 1 aliphatic carbocycles. The summed E-state index contributed by atoms with van der Waals surface area (Å²) in [4.78, 5) is 34.9. The normalized spacial score (nSPS) is 21.6. The number of H-pyrrole nitrogens is 1. The number of carboxylic acids is 1. The van der Waals surface area contributed by atoms with Gasteiger partial charge < -0.3 is 15.4 Å². The van der Waals surface area contributed by atoms with Crippen molar-refractivity contribution in [3.05, 3.63) is 35.9 Å². The minimum atomic E-state index is -0.861. The molecule has 0 radical (unpaired) electrons. The minimum absolute atomic E-state index is 0.0318. The van der Waals surface area contributed by atoms with E-state index < -0.39 is 5.97 Å². The number of carboxylic acid groups (broad SMARTS) is 1. The number of carbonyl (C=O) groups is 2. The van der Waals surface area contributed by atoms with Gasteiger partial charge in [0.05, 0.1) is 17.2 Å². The van der Waals surface area contributed by atoms with Crippen LogP contribution in [-0.2, 0) is 16.0 Å². The molecule has 7 nitrogen and oxygen atoms in total. The van der Waals surface area contributed by atoms with Gasteiger partial charge in [-0.2, -0.15) is 0 Å². The molecule has 0 bridgehead atoms. The van der Waals surface area contributed by atoms with E-state index in [9.17, 15) is 9.59 Å². The van der Waals surface area contributed by atoms with E-state index in [1.165, 1.54) is 5.57 Å². The van der Waals surface area contributed by atoms with Crippen LogP contribution in [0.3, 0.4) is 0 Å². The lowest BCUT2D eigenvalue weighted by Gasteiger charge is -2.37. The van der Waals surface area contributed by atoms with Crippen molar-refractivity contribution in [2.24, 2.45) is 23.7 Å². The average molecular weight is 413 g/mol. The van der Waals surface area contributed by atoms with Gasteiger partial charge in [-0.3, -0.25) is 14.6 Å². The summed E-state index contributed by atoms with van der Waals surface area (Å²) in [6.07, 6.45) is 8.49. The van der Waals surface area contributed by atoms with Crippen LogP contribution in [0.4, 0.5) is 0 Å². The Morgan fingerprint density at radius 1 is 1.33 bits per heavy atom. The summed E-state index contributed by atoms with van der Waals surface area (Å²) >= 11 is 0. The van der Waals surface area contributed by atoms with Crippen molar-refractivity contribution in [3.63, 3.8) is 0 Å². The Morgan fingerprint density at radius 2 is 2.13 bits per heavy atom. The van der Waals surface area contributed by atoms with Crippen molar-refractivity contribution in [2.45, 2.75) is 52.9 Å². The number of aromatic nitrogens is 3. The highest BCUT2D eigenvalue weighted by Gasteiger charge is 2.32. The number of hydrogen-bond donors (Lipinski definition) is 3. The van der Waals surface area contributed by atoms with Crippen LogP contribution in [0.15, 0.2) is 30.1 Å². The fourth-order valence-corrected chi connectivity index (χ4v) is 4.47. The van der Waals surface area contributed by atoms with E-state index in [-0.39, 0.29) is 18.7 Å². The summed E-state index contributed by atoms with van der Waals surface area (Å²) in [5.74, 6) is 1.76. The molecule has 7 heteroatoms. The minimum Gasteiger partial charge on any atom is -0.481 e. The fraction of sp³-hybridized carbons (Fsp3) is 0.565. The molecule has 1 amide bonds.